The SMILES string of the molecule is O=S(=O)(c1cccnc1)N(CCO)C1CCCC1. The van der Waals surface area contributed by atoms with Crippen molar-refractivity contribution in [2.75, 3.05) is 13.2 Å². The van der Waals surface area contributed by atoms with E-state index in [0.29, 0.717) is 0 Å². The Morgan fingerprint density at radius 3 is 2.67 bits per heavy atom. The van der Waals surface area contributed by atoms with Crippen molar-refractivity contribution < 1.29 is 13.5 Å². The van der Waals surface area contributed by atoms with Crippen LogP contribution in [0.1, 0.15) is 25.7 Å². The van der Waals surface area contributed by atoms with E-state index in [0.717, 1.165) is 25.7 Å². The van der Waals surface area contributed by atoms with Crippen LogP contribution in [-0.2, 0) is 10.0 Å². The van der Waals surface area contributed by atoms with Crippen LogP contribution < -0.4 is 0 Å². The lowest BCUT2D eigenvalue weighted by Gasteiger charge is -2.27. The van der Waals surface area contributed by atoms with Crippen LogP contribution in [0.15, 0.2) is 29.4 Å². The molecular weight excluding hydrogens is 252 g/mol. The highest BCUT2D eigenvalue weighted by Crippen LogP contribution is 2.28. The van der Waals surface area contributed by atoms with Gasteiger partial charge in [0.25, 0.3) is 0 Å². The van der Waals surface area contributed by atoms with Crippen molar-refractivity contribution in [1.82, 2.24) is 9.29 Å². The molecule has 1 heterocycles. The van der Waals surface area contributed by atoms with Gasteiger partial charge in [-0.1, -0.05) is 12.8 Å². The molecule has 0 unspecified atom stereocenters. The van der Waals surface area contributed by atoms with Gasteiger partial charge in [0.15, 0.2) is 0 Å². The molecule has 0 saturated heterocycles. The van der Waals surface area contributed by atoms with Gasteiger partial charge in [0, 0.05) is 25.0 Å². The minimum atomic E-state index is -3.54. The maximum Gasteiger partial charge on any atom is 0.244 e. The van der Waals surface area contributed by atoms with E-state index in [4.69, 9.17) is 5.11 Å². The van der Waals surface area contributed by atoms with Crippen LogP contribution in [0.4, 0.5) is 0 Å². The Kier molecular flexibility index (Phi) is 4.31. The molecule has 1 aromatic rings. The molecule has 5 nitrogen and oxygen atoms in total. The van der Waals surface area contributed by atoms with Crippen molar-refractivity contribution in [2.24, 2.45) is 0 Å². The normalized spacial score (nSPS) is 17.4. The predicted octanol–water partition coefficient (Wildman–Crippen LogP) is 1.01. The summed E-state index contributed by atoms with van der Waals surface area (Å²) in [6.45, 7) is -0.00210. The zero-order valence-corrected chi connectivity index (χ0v) is 11.0. The summed E-state index contributed by atoms with van der Waals surface area (Å²) >= 11 is 0. The number of sulfonamides is 1. The van der Waals surface area contributed by atoms with Crippen molar-refractivity contribution >= 4 is 10.0 Å². The first kappa shape index (κ1) is 13.5. The summed E-state index contributed by atoms with van der Waals surface area (Å²) in [7, 11) is -3.54. The molecule has 2 rings (SSSR count). The Balaban J connectivity index is 2.29. The van der Waals surface area contributed by atoms with Crippen LogP contribution in [0.2, 0.25) is 0 Å². The van der Waals surface area contributed by atoms with E-state index in [9.17, 15) is 8.42 Å². The summed E-state index contributed by atoms with van der Waals surface area (Å²) in [5.41, 5.74) is 0. The van der Waals surface area contributed by atoms with Gasteiger partial charge in [0.2, 0.25) is 10.0 Å². The largest absolute Gasteiger partial charge is 0.395 e. The number of hydrogen-bond acceptors (Lipinski definition) is 4. The van der Waals surface area contributed by atoms with E-state index in [1.54, 1.807) is 18.3 Å². The molecule has 1 aliphatic rings. The second-order valence-electron chi connectivity index (χ2n) is 4.47. The highest BCUT2D eigenvalue weighted by molar-refractivity contribution is 7.89. The molecule has 0 radical (unpaired) electrons. The van der Waals surface area contributed by atoms with Crippen molar-refractivity contribution in [2.45, 2.75) is 36.6 Å². The van der Waals surface area contributed by atoms with E-state index >= 15 is 0 Å². The standard InChI is InChI=1S/C12H18N2O3S/c15-9-8-14(11-4-1-2-5-11)18(16,17)12-6-3-7-13-10-12/h3,6-7,10-11,15H,1-2,4-5,8-9H2. The lowest BCUT2D eigenvalue weighted by molar-refractivity contribution is 0.226. The smallest absolute Gasteiger partial charge is 0.244 e. The maximum absolute atomic E-state index is 12.5. The molecule has 6 heteroatoms. The van der Waals surface area contributed by atoms with Crippen LogP contribution >= 0.6 is 0 Å². The third-order valence-electron chi connectivity index (χ3n) is 3.29. The minimum absolute atomic E-state index is 0.0161. The third kappa shape index (κ3) is 2.71. The molecule has 1 N–H and O–H groups in total. The lowest BCUT2D eigenvalue weighted by Crippen LogP contribution is -2.40. The van der Waals surface area contributed by atoms with Gasteiger partial charge >= 0.3 is 0 Å². The van der Waals surface area contributed by atoms with Crippen LogP contribution in [0.3, 0.4) is 0 Å². The number of nitrogens with zero attached hydrogens (tertiary/aromatic N) is 2. The van der Waals surface area contributed by atoms with Gasteiger partial charge in [-0.05, 0) is 25.0 Å². The molecule has 0 atom stereocenters. The molecule has 0 aromatic carbocycles. The molecule has 18 heavy (non-hydrogen) atoms. The molecule has 0 aliphatic heterocycles. The van der Waals surface area contributed by atoms with E-state index < -0.39 is 10.0 Å². The fourth-order valence-electron chi connectivity index (χ4n) is 2.42. The van der Waals surface area contributed by atoms with Gasteiger partial charge < -0.3 is 5.11 Å². The number of hydrogen-bond donors (Lipinski definition) is 1. The lowest BCUT2D eigenvalue weighted by atomic mass is 10.2. The van der Waals surface area contributed by atoms with Crippen LogP contribution in [0.5, 0.6) is 0 Å². The third-order valence-corrected chi connectivity index (χ3v) is 5.23. The summed E-state index contributed by atoms with van der Waals surface area (Å²) in [5, 5.41) is 9.09. The van der Waals surface area contributed by atoms with E-state index in [1.807, 2.05) is 0 Å². The number of aromatic nitrogens is 1. The van der Waals surface area contributed by atoms with E-state index in [-0.39, 0.29) is 24.1 Å². The number of pyridine rings is 1. The summed E-state index contributed by atoms with van der Waals surface area (Å²) < 4.78 is 26.4. The highest BCUT2D eigenvalue weighted by Gasteiger charge is 2.32. The molecule has 1 fully saturated rings. The zero-order chi connectivity index (χ0) is 13.0. The summed E-state index contributed by atoms with van der Waals surface area (Å²) in [4.78, 5) is 4.05. The Bertz CT molecular complexity index is 469. The predicted molar refractivity (Wildman–Crippen MR) is 67.5 cm³/mol. The molecule has 1 saturated carbocycles. The van der Waals surface area contributed by atoms with Gasteiger partial charge in [-0.2, -0.15) is 4.31 Å². The number of aliphatic hydroxyl groups excluding tert-OH is 1. The second-order valence-corrected chi connectivity index (χ2v) is 6.36. The molecule has 100 valence electrons. The van der Waals surface area contributed by atoms with Gasteiger partial charge in [0.05, 0.1) is 6.61 Å². The average molecular weight is 270 g/mol. The van der Waals surface area contributed by atoms with Gasteiger partial charge in [0.1, 0.15) is 4.90 Å². The van der Waals surface area contributed by atoms with E-state index in [2.05, 4.69) is 4.98 Å². The summed E-state index contributed by atoms with van der Waals surface area (Å²) in [6.07, 6.45) is 6.75. The average Bonchev–Trinajstić information content (AvgIpc) is 2.90. The van der Waals surface area contributed by atoms with Crippen LogP contribution in [0, 0.1) is 0 Å². The Morgan fingerprint density at radius 1 is 1.39 bits per heavy atom. The van der Waals surface area contributed by atoms with E-state index in [1.165, 1.54) is 10.5 Å². The first-order valence-corrected chi connectivity index (χ1v) is 7.63. The van der Waals surface area contributed by atoms with Gasteiger partial charge in [-0.15, -0.1) is 0 Å². The Hall–Kier alpha value is -0.980. The van der Waals surface area contributed by atoms with Gasteiger partial charge in [-0.3, -0.25) is 4.98 Å². The minimum Gasteiger partial charge on any atom is -0.395 e. The van der Waals surface area contributed by atoms with Crippen molar-refractivity contribution in [3.63, 3.8) is 0 Å². The highest BCUT2D eigenvalue weighted by atomic mass is 32.2. The Morgan fingerprint density at radius 2 is 2.11 bits per heavy atom. The molecule has 0 bridgehead atoms. The fraction of sp³-hybridized carbons (Fsp3) is 0.583. The Labute approximate surface area is 108 Å². The molecule has 0 amide bonds. The molecule has 1 aromatic heterocycles. The number of rotatable bonds is 5. The fourth-order valence-corrected chi connectivity index (χ4v) is 4.07. The first-order chi connectivity index (χ1) is 8.66. The van der Waals surface area contributed by atoms with Gasteiger partial charge in [-0.25, -0.2) is 8.42 Å². The molecule has 0 spiro atoms. The van der Waals surface area contributed by atoms with Crippen molar-refractivity contribution in [1.29, 1.82) is 0 Å². The molecular formula is C12H18N2O3S. The van der Waals surface area contributed by atoms with Crippen LogP contribution in [-0.4, -0.2) is 42.0 Å². The summed E-state index contributed by atoms with van der Waals surface area (Å²) in [5.74, 6) is 0. The summed E-state index contributed by atoms with van der Waals surface area (Å²) in [6, 6.07) is 3.17. The maximum atomic E-state index is 12.5. The second kappa shape index (κ2) is 5.77. The van der Waals surface area contributed by atoms with Crippen LogP contribution in [0.25, 0.3) is 0 Å². The van der Waals surface area contributed by atoms with Crippen molar-refractivity contribution in [3.05, 3.63) is 24.5 Å². The molecule has 1 aliphatic carbocycles. The first-order valence-electron chi connectivity index (χ1n) is 6.19. The quantitative estimate of drug-likeness (QED) is 0.866. The zero-order valence-electron chi connectivity index (χ0n) is 10.2. The number of aliphatic hydroxyl groups is 1. The topological polar surface area (TPSA) is 70.5 Å². The monoisotopic (exact) mass is 270 g/mol. The van der Waals surface area contributed by atoms with Crippen molar-refractivity contribution in [3.8, 4) is 0 Å².